The van der Waals surface area contributed by atoms with Crippen LogP contribution in [0.2, 0.25) is 0 Å². The minimum atomic E-state index is -0.465. The molecule has 2 aliphatic rings. The maximum atomic E-state index is 13.4. The van der Waals surface area contributed by atoms with Gasteiger partial charge in [0, 0.05) is 37.4 Å². The fourth-order valence-electron chi connectivity index (χ4n) is 3.11. The number of phenols is 1. The summed E-state index contributed by atoms with van der Waals surface area (Å²) >= 11 is 1.27. The lowest BCUT2D eigenvalue weighted by molar-refractivity contribution is -0.113. The molecule has 4 rings (SSSR count). The number of phenolic OH excluding ortho intramolecular Hbond substituents is 1. The van der Waals surface area contributed by atoms with Crippen molar-refractivity contribution < 1.29 is 14.3 Å². The molecule has 1 fully saturated rings. The number of thioether (sulfide) groups is 1. The molecule has 1 amide bonds. The molecule has 7 heteroatoms. The van der Waals surface area contributed by atoms with Gasteiger partial charge in [0.25, 0.3) is 5.91 Å². The van der Waals surface area contributed by atoms with Crippen molar-refractivity contribution in [3.63, 3.8) is 0 Å². The monoisotopic (exact) mass is 383 g/mol. The minimum Gasteiger partial charge on any atom is -0.507 e. The van der Waals surface area contributed by atoms with Gasteiger partial charge in [0.05, 0.1) is 4.91 Å². The van der Waals surface area contributed by atoms with E-state index in [1.54, 1.807) is 0 Å². The van der Waals surface area contributed by atoms with Crippen LogP contribution in [0, 0.1) is 5.82 Å². The van der Waals surface area contributed by atoms with Gasteiger partial charge in [0.15, 0.2) is 5.17 Å². The van der Waals surface area contributed by atoms with E-state index in [1.807, 2.05) is 18.2 Å². The molecule has 2 aromatic carbocycles. The molecule has 27 heavy (non-hydrogen) atoms. The van der Waals surface area contributed by atoms with Crippen LogP contribution in [0.5, 0.6) is 5.75 Å². The van der Waals surface area contributed by atoms with Crippen LogP contribution in [-0.4, -0.2) is 47.3 Å². The van der Waals surface area contributed by atoms with E-state index in [2.05, 4.69) is 26.9 Å². The van der Waals surface area contributed by atoms with Gasteiger partial charge in [-0.25, -0.2) is 4.39 Å². The van der Waals surface area contributed by atoms with Gasteiger partial charge in [0.2, 0.25) is 0 Å². The maximum Gasteiger partial charge on any atom is 0.286 e. The molecule has 0 radical (unpaired) electrons. The average Bonchev–Trinajstić information content (AvgIpc) is 3.06. The third kappa shape index (κ3) is 3.83. The maximum absolute atomic E-state index is 13.4. The molecule has 0 aliphatic carbocycles. The molecule has 5 nitrogen and oxygen atoms in total. The van der Waals surface area contributed by atoms with E-state index < -0.39 is 5.82 Å². The van der Waals surface area contributed by atoms with Crippen LogP contribution in [0.3, 0.4) is 0 Å². The van der Waals surface area contributed by atoms with Crippen molar-refractivity contribution in [3.8, 4) is 5.75 Å². The number of anilines is 1. The fraction of sp³-hybridized carbons (Fsp3) is 0.200. The van der Waals surface area contributed by atoms with E-state index in [-0.39, 0.29) is 17.2 Å². The first-order chi connectivity index (χ1) is 13.1. The van der Waals surface area contributed by atoms with Gasteiger partial charge in [-0.05, 0) is 48.2 Å². The highest BCUT2D eigenvalue weighted by molar-refractivity contribution is 8.18. The molecule has 0 saturated carbocycles. The second-order valence-corrected chi connectivity index (χ2v) is 7.33. The number of piperazine rings is 1. The van der Waals surface area contributed by atoms with Crippen LogP contribution in [-0.2, 0) is 4.79 Å². The van der Waals surface area contributed by atoms with Crippen LogP contribution >= 0.6 is 11.8 Å². The average molecular weight is 383 g/mol. The number of nitrogens with zero attached hydrogens (tertiary/aromatic N) is 3. The van der Waals surface area contributed by atoms with E-state index in [0.717, 1.165) is 26.2 Å². The second kappa shape index (κ2) is 7.44. The Morgan fingerprint density at radius 2 is 1.74 bits per heavy atom. The Kier molecular flexibility index (Phi) is 4.85. The summed E-state index contributed by atoms with van der Waals surface area (Å²) in [4.78, 5) is 21.2. The zero-order valence-corrected chi connectivity index (χ0v) is 15.3. The Labute approximate surface area is 160 Å². The van der Waals surface area contributed by atoms with Crippen molar-refractivity contribution >= 4 is 34.6 Å². The fourth-order valence-corrected chi connectivity index (χ4v) is 4.07. The molecule has 1 N–H and O–H groups in total. The zero-order chi connectivity index (χ0) is 18.8. The number of hydrogen-bond acceptors (Lipinski definition) is 5. The lowest BCUT2D eigenvalue weighted by atomic mass is 10.2. The molecule has 2 heterocycles. The summed E-state index contributed by atoms with van der Waals surface area (Å²) in [5, 5.41) is 10.5. The number of carbonyl (C=O) groups is 1. The van der Waals surface area contributed by atoms with Crippen LogP contribution < -0.4 is 4.90 Å². The van der Waals surface area contributed by atoms with Crippen molar-refractivity contribution in [2.24, 2.45) is 4.99 Å². The van der Waals surface area contributed by atoms with Gasteiger partial charge in [0.1, 0.15) is 11.6 Å². The van der Waals surface area contributed by atoms with Crippen molar-refractivity contribution in [2.45, 2.75) is 0 Å². The van der Waals surface area contributed by atoms with Gasteiger partial charge in [-0.2, -0.15) is 4.99 Å². The highest BCUT2D eigenvalue weighted by Crippen LogP contribution is 2.33. The van der Waals surface area contributed by atoms with Gasteiger partial charge in [-0.3, -0.25) is 4.79 Å². The number of para-hydroxylation sites is 1. The Bertz CT molecular complexity index is 922. The van der Waals surface area contributed by atoms with Crippen LogP contribution in [0.15, 0.2) is 58.4 Å². The van der Waals surface area contributed by atoms with E-state index >= 15 is 0 Å². The van der Waals surface area contributed by atoms with Crippen molar-refractivity contribution in [1.82, 2.24) is 4.90 Å². The van der Waals surface area contributed by atoms with Crippen molar-refractivity contribution in [1.29, 1.82) is 0 Å². The molecule has 0 atom stereocenters. The normalized spacial score (nSPS) is 18.9. The third-order valence-corrected chi connectivity index (χ3v) is 5.60. The second-order valence-electron chi connectivity index (χ2n) is 6.32. The molecule has 0 unspecified atom stereocenters. The van der Waals surface area contributed by atoms with E-state index in [9.17, 15) is 14.3 Å². The molecule has 0 bridgehead atoms. The van der Waals surface area contributed by atoms with Crippen LogP contribution in [0.4, 0.5) is 10.1 Å². The number of aromatic hydroxyl groups is 1. The van der Waals surface area contributed by atoms with Gasteiger partial charge in [-0.15, -0.1) is 0 Å². The molecule has 2 aliphatic heterocycles. The zero-order valence-electron chi connectivity index (χ0n) is 14.5. The summed E-state index contributed by atoms with van der Waals surface area (Å²) in [5.41, 5.74) is 1.47. The molecule has 138 valence electrons. The summed E-state index contributed by atoms with van der Waals surface area (Å²) in [5.74, 6) is -0.889. The number of aliphatic imine (C=N–C) groups is 1. The predicted molar refractivity (Wildman–Crippen MR) is 106 cm³/mol. The Morgan fingerprint density at radius 3 is 2.48 bits per heavy atom. The molecular weight excluding hydrogens is 365 g/mol. The first kappa shape index (κ1) is 17.6. The molecule has 0 spiro atoms. The van der Waals surface area contributed by atoms with Gasteiger partial charge in [-0.1, -0.05) is 18.2 Å². The number of rotatable bonds is 2. The lowest BCUT2D eigenvalue weighted by Crippen LogP contribution is -2.47. The molecule has 1 saturated heterocycles. The highest BCUT2D eigenvalue weighted by atomic mass is 32.2. The molecule has 2 aromatic rings. The quantitative estimate of drug-likeness (QED) is 0.807. The van der Waals surface area contributed by atoms with Crippen LogP contribution in [0.1, 0.15) is 5.56 Å². The van der Waals surface area contributed by atoms with E-state index in [4.69, 9.17) is 0 Å². The summed E-state index contributed by atoms with van der Waals surface area (Å²) in [6.45, 7) is 3.24. The first-order valence-corrected chi connectivity index (χ1v) is 9.48. The SMILES string of the molecule is O=C1N=C(N2CCN(c3ccccc3)CC2)S/C1=C\c1cc(F)ccc1O. The van der Waals surface area contributed by atoms with Crippen LogP contribution in [0.25, 0.3) is 6.08 Å². The Morgan fingerprint density at radius 1 is 1.04 bits per heavy atom. The number of amides is 1. The third-order valence-electron chi connectivity index (χ3n) is 4.56. The summed E-state index contributed by atoms with van der Waals surface area (Å²) in [6.07, 6.45) is 1.49. The standard InChI is InChI=1S/C20H18FN3O2S/c21-15-6-7-17(25)14(12-15)13-18-19(26)22-20(27-18)24-10-8-23(9-11-24)16-4-2-1-3-5-16/h1-7,12-13,25H,8-11H2/b18-13-. The van der Waals surface area contributed by atoms with Gasteiger partial charge >= 0.3 is 0 Å². The Hall–Kier alpha value is -2.80. The van der Waals surface area contributed by atoms with Crippen molar-refractivity contribution in [3.05, 3.63) is 64.8 Å². The smallest absolute Gasteiger partial charge is 0.286 e. The number of hydrogen-bond donors (Lipinski definition) is 1. The topological polar surface area (TPSA) is 56.1 Å². The van der Waals surface area contributed by atoms with E-state index in [1.165, 1.54) is 41.7 Å². The number of carbonyl (C=O) groups excluding carboxylic acids is 1. The predicted octanol–water partition coefficient (Wildman–Crippen LogP) is 3.32. The number of halogens is 1. The summed E-state index contributed by atoms with van der Waals surface area (Å²) in [7, 11) is 0. The largest absolute Gasteiger partial charge is 0.507 e. The number of benzene rings is 2. The first-order valence-electron chi connectivity index (χ1n) is 8.66. The van der Waals surface area contributed by atoms with Crippen molar-refractivity contribution in [2.75, 3.05) is 31.1 Å². The minimum absolute atomic E-state index is 0.0674. The molecule has 0 aromatic heterocycles. The Balaban J connectivity index is 1.43. The van der Waals surface area contributed by atoms with E-state index in [0.29, 0.717) is 10.1 Å². The van der Waals surface area contributed by atoms with Gasteiger partial charge < -0.3 is 14.9 Å². The lowest BCUT2D eigenvalue weighted by Gasteiger charge is -2.36. The summed E-state index contributed by atoms with van der Waals surface area (Å²) in [6, 6.07) is 13.9. The number of amidine groups is 1. The highest BCUT2D eigenvalue weighted by Gasteiger charge is 2.28. The summed E-state index contributed by atoms with van der Waals surface area (Å²) < 4.78 is 13.4. The molecular formula is C20H18FN3O2S.